The number of sulfonamides is 1. The summed E-state index contributed by atoms with van der Waals surface area (Å²) in [6, 6.07) is -0.0834. The third-order valence-electron chi connectivity index (χ3n) is 1.97. The van der Waals surface area contributed by atoms with Crippen molar-refractivity contribution in [1.29, 1.82) is 0 Å². The van der Waals surface area contributed by atoms with Crippen LogP contribution in [-0.2, 0) is 10.0 Å². The molecule has 0 aromatic heterocycles. The second-order valence-corrected chi connectivity index (χ2v) is 5.07. The van der Waals surface area contributed by atoms with Crippen LogP contribution in [0.15, 0.2) is 0 Å². The van der Waals surface area contributed by atoms with Gasteiger partial charge in [-0.3, -0.25) is 0 Å². The van der Waals surface area contributed by atoms with E-state index in [1.807, 2.05) is 13.8 Å². The Morgan fingerprint density at radius 3 is 2.25 bits per heavy atom. The van der Waals surface area contributed by atoms with E-state index < -0.39 is 10.0 Å². The van der Waals surface area contributed by atoms with E-state index in [9.17, 15) is 8.42 Å². The summed E-state index contributed by atoms with van der Waals surface area (Å²) in [6.07, 6.45) is 0. The van der Waals surface area contributed by atoms with Crippen LogP contribution in [0.1, 0.15) is 20.8 Å². The average molecular weight is 194 g/mol. The van der Waals surface area contributed by atoms with E-state index in [4.69, 9.17) is 5.73 Å². The van der Waals surface area contributed by atoms with E-state index in [1.165, 1.54) is 0 Å². The second-order valence-electron chi connectivity index (χ2n) is 3.02. The highest BCUT2D eigenvalue weighted by Crippen LogP contribution is 2.01. The molecule has 0 heterocycles. The molecule has 0 fully saturated rings. The van der Waals surface area contributed by atoms with Crippen LogP contribution in [0, 0.1) is 5.92 Å². The fraction of sp³-hybridized carbons (Fsp3) is 1.00. The van der Waals surface area contributed by atoms with Crippen LogP contribution >= 0.6 is 0 Å². The molecule has 12 heavy (non-hydrogen) atoms. The maximum atomic E-state index is 11.1. The van der Waals surface area contributed by atoms with E-state index in [-0.39, 0.29) is 17.7 Å². The van der Waals surface area contributed by atoms with Crippen molar-refractivity contribution in [1.82, 2.24) is 4.72 Å². The molecular weight excluding hydrogens is 176 g/mol. The lowest BCUT2D eigenvalue weighted by Crippen LogP contribution is -2.40. The minimum atomic E-state index is -3.08. The van der Waals surface area contributed by atoms with Gasteiger partial charge in [-0.15, -0.1) is 0 Å². The van der Waals surface area contributed by atoms with Crippen LogP contribution in [0.25, 0.3) is 0 Å². The lowest BCUT2D eigenvalue weighted by molar-refractivity contribution is 0.453. The van der Waals surface area contributed by atoms with Gasteiger partial charge in [0.15, 0.2) is 0 Å². The molecule has 4 nitrogen and oxygen atoms in total. The molecule has 0 aromatic rings. The zero-order valence-corrected chi connectivity index (χ0v) is 8.69. The lowest BCUT2D eigenvalue weighted by Gasteiger charge is -2.18. The number of nitrogens with one attached hydrogen (secondary N) is 1. The SMILES string of the molecule is CCS(=O)(=O)NC(C)C(C)CN. The molecule has 0 saturated heterocycles. The third kappa shape index (κ3) is 4.04. The summed E-state index contributed by atoms with van der Waals surface area (Å²) >= 11 is 0. The first kappa shape index (κ1) is 11.9. The number of nitrogens with two attached hydrogens (primary N) is 1. The Kier molecular flexibility index (Phi) is 4.74. The van der Waals surface area contributed by atoms with Gasteiger partial charge in [-0.2, -0.15) is 0 Å². The summed E-state index contributed by atoms with van der Waals surface area (Å²) in [5, 5.41) is 0. The van der Waals surface area contributed by atoms with Gasteiger partial charge in [-0.05, 0) is 26.3 Å². The summed E-state index contributed by atoms with van der Waals surface area (Å²) in [5.41, 5.74) is 5.40. The molecule has 0 aliphatic heterocycles. The van der Waals surface area contributed by atoms with Crippen molar-refractivity contribution in [2.24, 2.45) is 11.7 Å². The number of hydrogen-bond donors (Lipinski definition) is 2. The van der Waals surface area contributed by atoms with Gasteiger partial charge in [0.2, 0.25) is 10.0 Å². The van der Waals surface area contributed by atoms with Crippen molar-refractivity contribution >= 4 is 10.0 Å². The highest BCUT2D eigenvalue weighted by molar-refractivity contribution is 7.89. The third-order valence-corrected chi connectivity index (χ3v) is 3.46. The predicted octanol–water partition coefficient (Wildman–Crippen LogP) is -0.0910. The molecule has 74 valence electrons. The first-order valence-electron chi connectivity index (χ1n) is 4.13. The summed E-state index contributed by atoms with van der Waals surface area (Å²) in [4.78, 5) is 0. The monoisotopic (exact) mass is 194 g/mol. The standard InChI is InChI=1S/C7H18N2O2S/c1-4-12(10,11)9-7(3)6(2)5-8/h6-7,9H,4-5,8H2,1-3H3. The van der Waals surface area contributed by atoms with Gasteiger partial charge in [-0.25, -0.2) is 13.1 Å². The number of rotatable bonds is 5. The molecule has 0 saturated carbocycles. The lowest BCUT2D eigenvalue weighted by atomic mass is 10.1. The Morgan fingerprint density at radius 2 is 1.92 bits per heavy atom. The first-order chi connectivity index (χ1) is 5.43. The van der Waals surface area contributed by atoms with E-state index in [2.05, 4.69) is 4.72 Å². The maximum Gasteiger partial charge on any atom is 0.211 e. The van der Waals surface area contributed by atoms with Crippen LogP contribution < -0.4 is 10.5 Å². The van der Waals surface area contributed by atoms with Crippen molar-refractivity contribution in [2.45, 2.75) is 26.8 Å². The van der Waals surface area contributed by atoms with Crippen molar-refractivity contribution < 1.29 is 8.42 Å². The van der Waals surface area contributed by atoms with Crippen molar-refractivity contribution in [3.05, 3.63) is 0 Å². The minimum Gasteiger partial charge on any atom is -0.330 e. The summed E-state index contributed by atoms with van der Waals surface area (Å²) in [7, 11) is -3.08. The zero-order valence-electron chi connectivity index (χ0n) is 7.87. The van der Waals surface area contributed by atoms with E-state index in [0.29, 0.717) is 6.54 Å². The molecule has 0 rings (SSSR count). The van der Waals surface area contributed by atoms with Crippen molar-refractivity contribution in [2.75, 3.05) is 12.3 Å². The molecule has 0 bridgehead atoms. The maximum absolute atomic E-state index is 11.1. The topological polar surface area (TPSA) is 72.2 Å². The molecule has 2 unspecified atom stereocenters. The molecule has 0 aromatic carbocycles. The predicted molar refractivity (Wildman–Crippen MR) is 50.3 cm³/mol. The summed E-state index contributed by atoms with van der Waals surface area (Å²) < 4.78 is 24.7. The molecule has 0 spiro atoms. The Balaban J connectivity index is 4.09. The molecule has 0 aliphatic rings. The van der Waals surface area contributed by atoms with Gasteiger partial charge < -0.3 is 5.73 Å². The van der Waals surface area contributed by atoms with E-state index in [0.717, 1.165) is 0 Å². The quantitative estimate of drug-likeness (QED) is 0.642. The normalized spacial score (nSPS) is 17.3. The van der Waals surface area contributed by atoms with Gasteiger partial charge in [0.1, 0.15) is 0 Å². The van der Waals surface area contributed by atoms with Gasteiger partial charge in [0, 0.05) is 6.04 Å². The van der Waals surface area contributed by atoms with Crippen LogP contribution in [0.2, 0.25) is 0 Å². The molecule has 3 N–H and O–H groups in total. The van der Waals surface area contributed by atoms with Crippen molar-refractivity contribution in [3.8, 4) is 0 Å². The fourth-order valence-corrected chi connectivity index (χ4v) is 1.65. The van der Waals surface area contributed by atoms with Gasteiger partial charge in [0.05, 0.1) is 5.75 Å². The summed E-state index contributed by atoms with van der Waals surface area (Å²) in [5.74, 6) is 0.292. The van der Waals surface area contributed by atoms with E-state index in [1.54, 1.807) is 6.92 Å². The first-order valence-corrected chi connectivity index (χ1v) is 5.78. The van der Waals surface area contributed by atoms with E-state index >= 15 is 0 Å². The highest BCUT2D eigenvalue weighted by Gasteiger charge is 2.16. The molecule has 2 atom stereocenters. The Bertz CT molecular complexity index is 213. The Morgan fingerprint density at radius 1 is 1.42 bits per heavy atom. The zero-order chi connectivity index (χ0) is 9.78. The second kappa shape index (κ2) is 4.79. The Hall–Kier alpha value is -0.130. The average Bonchev–Trinajstić information content (AvgIpc) is 2.02. The smallest absolute Gasteiger partial charge is 0.211 e. The van der Waals surface area contributed by atoms with Crippen LogP contribution in [0.3, 0.4) is 0 Å². The number of hydrogen-bond acceptors (Lipinski definition) is 3. The molecule has 0 radical (unpaired) electrons. The van der Waals surface area contributed by atoms with Crippen molar-refractivity contribution in [3.63, 3.8) is 0 Å². The summed E-state index contributed by atoms with van der Waals surface area (Å²) in [6.45, 7) is 5.85. The molecule has 0 aliphatic carbocycles. The Labute approximate surface area is 74.6 Å². The van der Waals surface area contributed by atoms with Crippen LogP contribution in [-0.4, -0.2) is 26.8 Å². The fourth-order valence-electron chi connectivity index (χ4n) is 0.687. The minimum absolute atomic E-state index is 0.0834. The molecular formula is C7H18N2O2S. The van der Waals surface area contributed by atoms with Gasteiger partial charge >= 0.3 is 0 Å². The van der Waals surface area contributed by atoms with Gasteiger partial charge in [0.25, 0.3) is 0 Å². The van der Waals surface area contributed by atoms with Crippen LogP contribution in [0.4, 0.5) is 0 Å². The van der Waals surface area contributed by atoms with Gasteiger partial charge in [-0.1, -0.05) is 6.92 Å². The largest absolute Gasteiger partial charge is 0.330 e. The molecule has 0 amide bonds. The highest BCUT2D eigenvalue weighted by atomic mass is 32.2. The molecule has 5 heteroatoms. The van der Waals surface area contributed by atoms with Crippen LogP contribution in [0.5, 0.6) is 0 Å².